The average molecular weight is 287 g/mol. The van der Waals surface area contributed by atoms with Crippen LogP contribution < -0.4 is 10.1 Å². The van der Waals surface area contributed by atoms with Gasteiger partial charge < -0.3 is 19.3 Å². The lowest BCUT2D eigenvalue weighted by molar-refractivity contribution is 0.0246. The SMILES string of the molecule is c1cc2c(cc1-c1noc(CC3CNCCO3)n1)CCO2. The maximum atomic E-state index is 5.65. The number of fused-ring (bicyclic) bond motifs is 1. The molecule has 1 N–H and O–H groups in total. The van der Waals surface area contributed by atoms with E-state index in [-0.39, 0.29) is 6.10 Å². The van der Waals surface area contributed by atoms with Gasteiger partial charge >= 0.3 is 0 Å². The van der Waals surface area contributed by atoms with E-state index in [1.165, 1.54) is 5.56 Å². The lowest BCUT2D eigenvalue weighted by atomic mass is 10.1. The van der Waals surface area contributed by atoms with Crippen molar-refractivity contribution in [3.8, 4) is 17.1 Å². The lowest BCUT2D eigenvalue weighted by Crippen LogP contribution is -2.39. The summed E-state index contributed by atoms with van der Waals surface area (Å²) < 4.78 is 16.5. The third-order valence-electron chi connectivity index (χ3n) is 3.82. The summed E-state index contributed by atoms with van der Waals surface area (Å²) >= 11 is 0. The quantitative estimate of drug-likeness (QED) is 0.915. The van der Waals surface area contributed by atoms with Gasteiger partial charge in [0.2, 0.25) is 11.7 Å². The van der Waals surface area contributed by atoms with E-state index < -0.39 is 0 Å². The number of nitrogens with zero attached hydrogens (tertiary/aromatic N) is 2. The van der Waals surface area contributed by atoms with Crippen molar-refractivity contribution in [3.05, 3.63) is 29.7 Å². The van der Waals surface area contributed by atoms with Gasteiger partial charge in [-0.2, -0.15) is 4.98 Å². The summed E-state index contributed by atoms with van der Waals surface area (Å²) in [6, 6.07) is 6.02. The summed E-state index contributed by atoms with van der Waals surface area (Å²) in [7, 11) is 0. The van der Waals surface area contributed by atoms with E-state index in [1.54, 1.807) is 0 Å². The van der Waals surface area contributed by atoms with E-state index in [0.29, 0.717) is 18.1 Å². The molecule has 110 valence electrons. The average Bonchev–Trinajstić information content (AvgIpc) is 3.16. The molecule has 2 aromatic rings. The third kappa shape index (κ3) is 2.64. The molecule has 1 atom stereocenters. The van der Waals surface area contributed by atoms with E-state index >= 15 is 0 Å². The smallest absolute Gasteiger partial charge is 0.229 e. The van der Waals surface area contributed by atoms with Crippen molar-refractivity contribution < 1.29 is 14.0 Å². The number of rotatable bonds is 3. The monoisotopic (exact) mass is 287 g/mol. The van der Waals surface area contributed by atoms with E-state index in [2.05, 4.69) is 21.5 Å². The van der Waals surface area contributed by atoms with Crippen molar-refractivity contribution in [2.75, 3.05) is 26.3 Å². The first kappa shape index (κ1) is 12.8. The summed E-state index contributed by atoms with van der Waals surface area (Å²) in [4.78, 5) is 4.47. The minimum Gasteiger partial charge on any atom is -0.493 e. The molecule has 0 aliphatic carbocycles. The molecule has 21 heavy (non-hydrogen) atoms. The largest absolute Gasteiger partial charge is 0.493 e. The van der Waals surface area contributed by atoms with Gasteiger partial charge in [-0.05, 0) is 23.8 Å². The summed E-state index contributed by atoms with van der Waals surface area (Å²) in [6.07, 6.45) is 1.70. The van der Waals surface area contributed by atoms with Crippen LogP contribution in [0, 0.1) is 0 Å². The molecule has 1 aromatic carbocycles. The van der Waals surface area contributed by atoms with Crippen molar-refractivity contribution in [1.82, 2.24) is 15.5 Å². The van der Waals surface area contributed by atoms with Crippen molar-refractivity contribution in [2.45, 2.75) is 18.9 Å². The van der Waals surface area contributed by atoms with E-state index in [0.717, 1.165) is 44.0 Å². The zero-order valence-corrected chi connectivity index (χ0v) is 11.7. The van der Waals surface area contributed by atoms with Crippen LogP contribution in [0.2, 0.25) is 0 Å². The Kier molecular flexibility index (Phi) is 3.33. The number of aromatic nitrogens is 2. The summed E-state index contributed by atoms with van der Waals surface area (Å²) in [6.45, 7) is 3.22. The Bertz CT molecular complexity index is 635. The van der Waals surface area contributed by atoms with Crippen LogP contribution in [0.25, 0.3) is 11.4 Å². The summed E-state index contributed by atoms with van der Waals surface area (Å²) in [5, 5.41) is 7.37. The highest BCUT2D eigenvalue weighted by Gasteiger charge is 2.19. The fraction of sp³-hybridized carbons (Fsp3) is 0.467. The maximum absolute atomic E-state index is 5.65. The van der Waals surface area contributed by atoms with Gasteiger partial charge in [-0.3, -0.25) is 0 Å². The first-order valence-corrected chi connectivity index (χ1v) is 7.29. The molecule has 3 heterocycles. The van der Waals surface area contributed by atoms with E-state index in [9.17, 15) is 0 Å². The van der Waals surface area contributed by atoms with Crippen LogP contribution >= 0.6 is 0 Å². The molecule has 2 aliphatic rings. The molecule has 2 aliphatic heterocycles. The van der Waals surface area contributed by atoms with Crippen LogP contribution in [0.15, 0.2) is 22.7 Å². The molecule has 0 spiro atoms. The minimum atomic E-state index is 0.112. The highest BCUT2D eigenvalue weighted by molar-refractivity contribution is 5.59. The highest BCUT2D eigenvalue weighted by atomic mass is 16.5. The first-order valence-electron chi connectivity index (χ1n) is 7.29. The molecule has 1 saturated heterocycles. The molecule has 0 saturated carbocycles. The molecule has 6 nitrogen and oxygen atoms in total. The van der Waals surface area contributed by atoms with Gasteiger partial charge in [0.1, 0.15) is 5.75 Å². The standard InChI is InChI=1S/C15H17N3O3/c1-2-13-10(3-5-20-13)7-11(1)15-17-14(21-18-15)8-12-9-16-4-6-19-12/h1-2,7,12,16H,3-6,8-9H2. The van der Waals surface area contributed by atoms with Crippen LogP contribution in [0.5, 0.6) is 5.75 Å². The second-order valence-corrected chi connectivity index (χ2v) is 5.33. The normalized spacial score (nSPS) is 21.0. The van der Waals surface area contributed by atoms with Crippen LogP contribution in [-0.4, -0.2) is 42.5 Å². The van der Waals surface area contributed by atoms with Crippen molar-refractivity contribution in [3.63, 3.8) is 0 Å². The number of benzene rings is 1. The maximum Gasteiger partial charge on any atom is 0.229 e. The van der Waals surface area contributed by atoms with Gasteiger partial charge in [0.25, 0.3) is 0 Å². The Hall–Kier alpha value is -1.92. The third-order valence-corrected chi connectivity index (χ3v) is 3.82. The van der Waals surface area contributed by atoms with Crippen molar-refractivity contribution in [2.24, 2.45) is 0 Å². The summed E-state index contributed by atoms with van der Waals surface area (Å²) in [5.74, 6) is 2.21. The Morgan fingerprint density at radius 2 is 2.29 bits per heavy atom. The van der Waals surface area contributed by atoms with Crippen LogP contribution in [0.4, 0.5) is 0 Å². The van der Waals surface area contributed by atoms with Gasteiger partial charge in [0.15, 0.2) is 0 Å². The van der Waals surface area contributed by atoms with Crippen LogP contribution in [0.3, 0.4) is 0 Å². The van der Waals surface area contributed by atoms with Crippen LogP contribution in [0.1, 0.15) is 11.5 Å². The van der Waals surface area contributed by atoms with Crippen molar-refractivity contribution in [1.29, 1.82) is 0 Å². The molecule has 0 amide bonds. The second-order valence-electron chi connectivity index (χ2n) is 5.33. The topological polar surface area (TPSA) is 69.4 Å². The number of ether oxygens (including phenoxy) is 2. The van der Waals surface area contributed by atoms with E-state index in [4.69, 9.17) is 14.0 Å². The molecular formula is C15H17N3O3. The lowest BCUT2D eigenvalue weighted by Gasteiger charge is -2.21. The molecule has 1 fully saturated rings. The van der Waals surface area contributed by atoms with Gasteiger partial charge in [-0.1, -0.05) is 5.16 Å². The molecule has 4 rings (SSSR count). The van der Waals surface area contributed by atoms with E-state index in [1.807, 2.05) is 12.1 Å². The predicted octanol–water partition coefficient (Wildman–Crippen LogP) is 1.20. The first-order chi connectivity index (χ1) is 10.4. The molecule has 0 bridgehead atoms. The number of nitrogens with one attached hydrogen (secondary N) is 1. The predicted molar refractivity (Wildman–Crippen MR) is 75.2 cm³/mol. The molecule has 1 unspecified atom stereocenters. The Labute approximate surface area is 122 Å². The fourth-order valence-corrected chi connectivity index (χ4v) is 2.73. The Balaban J connectivity index is 1.51. The fourth-order valence-electron chi connectivity index (χ4n) is 2.73. The van der Waals surface area contributed by atoms with Crippen molar-refractivity contribution >= 4 is 0 Å². The van der Waals surface area contributed by atoms with Gasteiger partial charge in [-0.15, -0.1) is 0 Å². The van der Waals surface area contributed by atoms with Gasteiger partial charge in [0, 0.05) is 25.1 Å². The van der Waals surface area contributed by atoms with Gasteiger partial charge in [-0.25, -0.2) is 0 Å². The highest BCUT2D eigenvalue weighted by Crippen LogP contribution is 2.29. The zero-order valence-electron chi connectivity index (χ0n) is 11.7. The van der Waals surface area contributed by atoms with Gasteiger partial charge in [0.05, 0.1) is 25.7 Å². The Morgan fingerprint density at radius 3 is 3.19 bits per heavy atom. The second kappa shape index (κ2) is 5.46. The molecule has 0 radical (unpaired) electrons. The zero-order chi connectivity index (χ0) is 14.1. The molecule has 6 heteroatoms. The molecule has 1 aromatic heterocycles. The molecular weight excluding hydrogens is 270 g/mol. The number of hydrogen-bond acceptors (Lipinski definition) is 6. The number of hydrogen-bond donors (Lipinski definition) is 1. The minimum absolute atomic E-state index is 0.112. The Morgan fingerprint density at radius 1 is 1.29 bits per heavy atom. The van der Waals surface area contributed by atoms with Crippen LogP contribution in [-0.2, 0) is 17.6 Å². The summed E-state index contributed by atoms with van der Waals surface area (Å²) in [5.41, 5.74) is 2.18. The number of morpholine rings is 1.